The van der Waals surface area contributed by atoms with Crippen LogP contribution in [0.2, 0.25) is 0 Å². The van der Waals surface area contributed by atoms with Crippen molar-refractivity contribution in [2.45, 2.75) is 31.0 Å². The number of nitrogens with one attached hydrogen (secondary N) is 1. The summed E-state index contributed by atoms with van der Waals surface area (Å²) in [6, 6.07) is 1.67. The van der Waals surface area contributed by atoms with Crippen LogP contribution in [0.3, 0.4) is 0 Å². The van der Waals surface area contributed by atoms with Gasteiger partial charge in [0.05, 0.1) is 11.4 Å². The fraction of sp³-hybridized carbons (Fsp3) is 0.545. The number of rotatable bonds is 4. The number of aliphatic hydroxyl groups is 1. The van der Waals surface area contributed by atoms with Crippen molar-refractivity contribution in [1.82, 2.24) is 19.8 Å². The molecule has 1 saturated carbocycles. The number of hydrogen-bond acceptors (Lipinski definition) is 5. The fourth-order valence-electron chi connectivity index (χ4n) is 1.88. The molecule has 2 heterocycles. The summed E-state index contributed by atoms with van der Waals surface area (Å²) in [6.07, 6.45) is -3.64. The van der Waals surface area contributed by atoms with Crippen LogP contribution in [0.15, 0.2) is 12.4 Å². The van der Waals surface area contributed by atoms with Gasteiger partial charge in [-0.1, -0.05) is 0 Å². The Morgan fingerprint density at radius 1 is 1.45 bits per heavy atom. The predicted octanol–water partition coefficient (Wildman–Crippen LogP) is 1.34. The van der Waals surface area contributed by atoms with Gasteiger partial charge in [0.2, 0.25) is 5.65 Å². The molecule has 1 aliphatic rings. The van der Waals surface area contributed by atoms with E-state index in [1.54, 1.807) is 6.07 Å². The lowest BCUT2D eigenvalue weighted by molar-refractivity contribution is -0.198. The maximum absolute atomic E-state index is 12.3. The summed E-state index contributed by atoms with van der Waals surface area (Å²) < 4.78 is 38.3. The lowest BCUT2D eigenvalue weighted by Crippen LogP contribution is -2.35. The molecule has 1 atom stereocenters. The second-order valence-corrected chi connectivity index (χ2v) is 4.79. The highest BCUT2D eigenvalue weighted by molar-refractivity contribution is 5.67. The highest BCUT2D eigenvalue weighted by Crippen LogP contribution is 2.39. The number of alkyl halides is 3. The van der Waals surface area contributed by atoms with E-state index in [-0.39, 0.29) is 0 Å². The average molecular weight is 287 g/mol. The predicted molar refractivity (Wildman–Crippen MR) is 63.3 cm³/mol. The number of anilines is 1. The Balaban J connectivity index is 1.84. The van der Waals surface area contributed by atoms with Crippen LogP contribution in [0.1, 0.15) is 24.5 Å². The molecule has 3 rings (SSSR count). The molecule has 108 valence electrons. The van der Waals surface area contributed by atoms with Crippen LogP contribution in [0.4, 0.5) is 18.9 Å². The van der Waals surface area contributed by atoms with E-state index in [0.29, 0.717) is 17.3 Å². The molecule has 0 spiro atoms. The molecule has 2 aromatic heterocycles. The molecule has 0 amide bonds. The van der Waals surface area contributed by atoms with Gasteiger partial charge >= 0.3 is 6.18 Å². The van der Waals surface area contributed by atoms with E-state index in [9.17, 15) is 13.2 Å². The largest absolute Gasteiger partial charge is 0.416 e. The lowest BCUT2D eigenvalue weighted by Gasteiger charge is -2.16. The first-order valence-corrected chi connectivity index (χ1v) is 6.15. The van der Waals surface area contributed by atoms with E-state index in [1.165, 1.54) is 10.8 Å². The molecule has 0 aliphatic heterocycles. The average Bonchev–Trinajstić information content (AvgIpc) is 3.12. The summed E-state index contributed by atoms with van der Waals surface area (Å²) in [7, 11) is 0. The van der Waals surface area contributed by atoms with E-state index in [4.69, 9.17) is 5.11 Å². The molecule has 20 heavy (non-hydrogen) atoms. The van der Waals surface area contributed by atoms with Gasteiger partial charge in [0.1, 0.15) is 6.33 Å². The Morgan fingerprint density at radius 2 is 2.20 bits per heavy atom. The van der Waals surface area contributed by atoms with Gasteiger partial charge in [-0.15, -0.1) is 10.2 Å². The highest BCUT2D eigenvalue weighted by atomic mass is 19.4. The monoisotopic (exact) mass is 287 g/mol. The van der Waals surface area contributed by atoms with Crippen molar-refractivity contribution in [2.24, 2.45) is 0 Å². The van der Waals surface area contributed by atoms with Gasteiger partial charge in [-0.25, -0.2) is 0 Å². The highest BCUT2D eigenvalue weighted by Gasteiger charge is 2.38. The summed E-state index contributed by atoms with van der Waals surface area (Å²) in [6.45, 7) is -0.639. The molecule has 2 aromatic rings. The molecule has 0 bridgehead atoms. The van der Waals surface area contributed by atoms with Gasteiger partial charge in [0.15, 0.2) is 6.10 Å². The fourth-order valence-corrected chi connectivity index (χ4v) is 1.88. The van der Waals surface area contributed by atoms with E-state index >= 15 is 0 Å². The van der Waals surface area contributed by atoms with E-state index in [2.05, 4.69) is 20.6 Å². The second kappa shape index (κ2) is 4.58. The summed E-state index contributed by atoms with van der Waals surface area (Å²) in [5.41, 5.74) is 1.52. The molecule has 1 unspecified atom stereocenters. The molecule has 0 saturated heterocycles. The zero-order valence-electron chi connectivity index (χ0n) is 10.3. The summed E-state index contributed by atoms with van der Waals surface area (Å²) in [4.78, 5) is 0. The van der Waals surface area contributed by atoms with Crippen LogP contribution in [0.25, 0.3) is 5.65 Å². The normalized spacial score (nSPS) is 17.4. The molecule has 1 fully saturated rings. The first kappa shape index (κ1) is 13.1. The van der Waals surface area contributed by atoms with Crippen LogP contribution in [0.5, 0.6) is 0 Å². The van der Waals surface area contributed by atoms with E-state index in [1.807, 2.05) is 0 Å². The minimum absolute atomic E-state index is 0.337. The van der Waals surface area contributed by atoms with Crippen LogP contribution in [-0.4, -0.2) is 43.7 Å². The Morgan fingerprint density at radius 3 is 2.85 bits per heavy atom. The summed E-state index contributed by atoms with van der Waals surface area (Å²) in [5.74, 6) is 0.342. The van der Waals surface area contributed by atoms with Crippen LogP contribution in [0, 0.1) is 0 Å². The molecule has 1 aliphatic carbocycles. The van der Waals surface area contributed by atoms with Gasteiger partial charge in [0.25, 0.3) is 0 Å². The number of fused-ring (bicyclic) bond motifs is 1. The maximum atomic E-state index is 12.3. The Kier molecular flexibility index (Phi) is 3.00. The van der Waals surface area contributed by atoms with Gasteiger partial charge in [-0.2, -0.15) is 22.8 Å². The molecule has 6 nitrogen and oxygen atoms in total. The van der Waals surface area contributed by atoms with Gasteiger partial charge in [0, 0.05) is 12.5 Å². The minimum Gasteiger partial charge on any atom is -0.382 e. The standard InChI is InChI=1S/C11H12F3N5O/c12-11(13,14)9(20)4-15-8-3-7(6-1-2-6)18-19-5-16-17-10(8)19/h3,5-6,9,15,20H,1-2,4H2. The Bertz CT molecular complexity index is 622. The molecule has 2 N–H and O–H groups in total. The molecular weight excluding hydrogens is 275 g/mol. The van der Waals surface area contributed by atoms with Crippen molar-refractivity contribution in [1.29, 1.82) is 0 Å². The quantitative estimate of drug-likeness (QED) is 0.887. The third-order valence-electron chi connectivity index (χ3n) is 3.15. The number of aromatic nitrogens is 4. The first-order valence-electron chi connectivity index (χ1n) is 6.15. The zero-order chi connectivity index (χ0) is 14.3. The number of aliphatic hydroxyl groups excluding tert-OH is 1. The summed E-state index contributed by atoms with van der Waals surface area (Å²) in [5, 5.41) is 23.4. The van der Waals surface area contributed by atoms with E-state index < -0.39 is 18.8 Å². The molecular formula is C11H12F3N5O. The lowest BCUT2D eigenvalue weighted by atomic mass is 10.2. The van der Waals surface area contributed by atoms with Gasteiger partial charge < -0.3 is 10.4 Å². The SMILES string of the molecule is OC(CNc1cc(C2CC2)nn2cnnc12)C(F)(F)F. The smallest absolute Gasteiger partial charge is 0.382 e. The van der Waals surface area contributed by atoms with Gasteiger partial charge in [-0.3, -0.25) is 0 Å². The Hall–Kier alpha value is -1.90. The van der Waals surface area contributed by atoms with Crippen LogP contribution < -0.4 is 5.32 Å². The molecule has 9 heteroatoms. The molecule has 0 radical (unpaired) electrons. The van der Waals surface area contributed by atoms with Crippen molar-refractivity contribution in [2.75, 3.05) is 11.9 Å². The van der Waals surface area contributed by atoms with Crippen molar-refractivity contribution in [3.63, 3.8) is 0 Å². The van der Waals surface area contributed by atoms with Gasteiger partial charge in [-0.05, 0) is 18.9 Å². The number of halogens is 3. The van der Waals surface area contributed by atoms with Crippen LogP contribution in [-0.2, 0) is 0 Å². The topological polar surface area (TPSA) is 75.3 Å². The zero-order valence-corrected chi connectivity index (χ0v) is 10.3. The third kappa shape index (κ3) is 2.53. The minimum atomic E-state index is -4.65. The maximum Gasteiger partial charge on any atom is 0.416 e. The van der Waals surface area contributed by atoms with Crippen LogP contribution >= 0.6 is 0 Å². The van der Waals surface area contributed by atoms with Crippen molar-refractivity contribution in [3.05, 3.63) is 18.1 Å². The van der Waals surface area contributed by atoms with Crippen molar-refractivity contribution < 1.29 is 18.3 Å². The third-order valence-corrected chi connectivity index (χ3v) is 3.15. The van der Waals surface area contributed by atoms with Crippen molar-refractivity contribution in [3.8, 4) is 0 Å². The number of nitrogens with zero attached hydrogens (tertiary/aromatic N) is 4. The second-order valence-electron chi connectivity index (χ2n) is 4.79. The number of hydrogen-bond donors (Lipinski definition) is 2. The first-order chi connectivity index (χ1) is 9.45. The van der Waals surface area contributed by atoms with Crippen molar-refractivity contribution >= 4 is 11.3 Å². The van der Waals surface area contributed by atoms with E-state index in [0.717, 1.165) is 18.5 Å². The molecule has 0 aromatic carbocycles. The Labute approximate surface area is 111 Å². The summed E-state index contributed by atoms with van der Waals surface area (Å²) >= 11 is 0.